The number of rotatable bonds is 3. The van der Waals surface area contributed by atoms with Crippen LogP contribution in [0.25, 0.3) is 11.0 Å². The van der Waals surface area contributed by atoms with Crippen molar-refractivity contribution in [3.05, 3.63) is 23.2 Å². The molecule has 2 aromatic heterocycles. The van der Waals surface area contributed by atoms with E-state index in [1.807, 2.05) is 6.07 Å². The number of amides is 1. The Bertz CT molecular complexity index is 697. The van der Waals surface area contributed by atoms with Gasteiger partial charge in [0.1, 0.15) is 11.3 Å². The molecule has 3 rings (SSSR count). The Kier molecular flexibility index (Phi) is 3.40. The molecular weight excluding hydrogens is 288 g/mol. The summed E-state index contributed by atoms with van der Waals surface area (Å²) >= 11 is 5.97. The Morgan fingerprint density at radius 3 is 2.71 bits per heavy atom. The Hall–Kier alpha value is -1.62. The van der Waals surface area contributed by atoms with Crippen LogP contribution in [0.15, 0.2) is 12.3 Å². The number of nitrogens with zero attached hydrogens (tertiary/aromatic N) is 4. The van der Waals surface area contributed by atoms with Crippen molar-refractivity contribution in [1.82, 2.24) is 19.4 Å². The highest BCUT2D eigenvalue weighted by Gasteiger charge is 2.40. The van der Waals surface area contributed by atoms with Crippen molar-refractivity contribution in [2.24, 2.45) is 0 Å². The molecule has 2 aromatic rings. The van der Waals surface area contributed by atoms with E-state index in [0.717, 1.165) is 30.3 Å². The van der Waals surface area contributed by atoms with Gasteiger partial charge in [0, 0.05) is 31.2 Å². The number of carbonyl (C=O) groups is 1. The summed E-state index contributed by atoms with van der Waals surface area (Å²) in [5, 5.41) is 1.08. The van der Waals surface area contributed by atoms with Gasteiger partial charge in [-0.3, -0.25) is 4.79 Å². The van der Waals surface area contributed by atoms with Crippen LogP contribution in [0.5, 0.6) is 0 Å². The predicted octanol–water partition coefficient (Wildman–Crippen LogP) is 3.08. The number of hydrogen-bond donors (Lipinski definition) is 0. The van der Waals surface area contributed by atoms with Gasteiger partial charge in [-0.15, -0.1) is 0 Å². The second-order valence-corrected chi connectivity index (χ2v) is 6.25. The van der Waals surface area contributed by atoms with Crippen molar-refractivity contribution in [3.8, 4) is 0 Å². The monoisotopic (exact) mass is 306 g/mol. The first-order valence-corrected chi connectivity index (χ1v) is 7.62. The van der Waals surface area contributed by atoms with Gasteiger partial charge in [0.2, 0.25) is 5.28 Å². The second-order valence-electron chi connectivity index (χ2n) is 5.91. The molecule has 0 atom stereocenters. The number of fused-ring (bicyclic) bond motifs is 1. The smallest absolute Gasteiger partial charge is 0.270 e. The first-order chi connectivity index (χ1) is 9.98. The summed E-state index contributed by atoms with van der Waals surface area (Å²) in [6, 6.07) is 1.88. The maximum atomic E-state index is 12.5. The molecule has 0 spiro atoms. The van der Waals surface area contributed by atoms with E-state index in [1.165, 1.54) is 6.42 Å². The van der Waals surface area contributed by atoms with E-state index in [0.29, 0.717) is 5.69 Å². The van der Waals surface area contributed by atoms with Crippen LogP contribution in [0.3, 0.4) is 0 Å². The molecule has 21 heavy (non-hydrogen) atoms. The first-order valence-electron chi connectivity index (χ1n) is 7.24. The van der Waals surface area contributed by atoms with E-state index < -0.39 is 0 Å². The van der Waals surface area contributed by atoms with Crippen molar-refractivity contribution < 1.29 is 4.79 Å². The van der Waals surface area contributed by atoms with Crippen molar-refractivity contribution >= 4 is 28.5 Å². The number of halogens is 1. The van der Waals surface area contributed by atoms with Gasteiger partial charge in [0.15, 0.2) is 0 Å². The quantitative estimate of drug-likeness (QED) is 0.819. The minimum atomic E-state index is -0.0135. The molecule has 0 saturated heterocycles. The van der Waals surface area contributed by atoms with Crippen LogP contribution in [-0.4, -0.2) is 39.4 Å². The lowest BCUT2D eigenvalue weighted by molar-refractivity contribution is 0.0780. The Morgan fingerprint density at radius 2 is 2.19 bits per heavy atom. The minimum Gasteiger partial charge on any atom is -0.343 e. The molecule has 1 aliphatic carbocycles. The lowest BCUT2D eigenvalue weighted by atomic mass is 9.74. The summed E-state index contributed by atoms with van der Waals surface area (Å²) in [4.78, 5) is 22.6. The zero-order chi connectivity index (χ0) is 15.2. The van der Waals surface area contributed by atoms with Gasteiger partial charge in [0.25, 0.3) is 5.91 Å². The average molecular weight is 307 g/mol. The topological polar surface area (TPSA) is 51.0 Å². The molecule has 1 aliphatic rings. The largest absolute Gasteiger partial charge is 0.343 e. The van der Waals surface area contributed by atoms with E-state index in [4.69, 9.17) is 11.6 Å². The standard InChI is InChI=1S/C15H19ClN4O/c1-4-15(6-5-7-15)20-11(13(21)19(2)3)8-10-9-17-14(16)18-12(10)20/h8-9H,4-7H2,1-3H3. The van der Waals surface area contributed by atoms with Gasteiger partial charge in [-0.2, -0.15) is 4.98 Å². The van der Waals surface area contributed by atoms with Crippen LogP contribution >= 0.6 is 11.6 Å². The molecule has 1 amide bonds. The fourth-order valence-corrected chi connectivity index (χ4v) is 3.28. The van der Waals surface area contributed by atoms with Crippen LogP contribution in [0, 0.1) is 0 Å². The van der Waals surface area contributed by atoms with Gasteiger partial charge in [-0.1, -0.05) is 6.92 Å². The number of carbonyl (C=O) groups excluding carboxylic acids is 1. The fraction of sp³-hybridized carbons (Fsp3) is 0.533. The number of aromatic nitrogens is 3. The molecule has 0 radical (unpaired) electrons. The highest BCUT2D eigenvalue weighted by atomic mass is 35.5. The summed E-state index contributed by atoms with van der Waals surface area (Å²) in [7, 11) is 3.53. The summed E-state index contributed by atoms with van der Waals surface area (Å²) in [5.41, 5.74) is 1.43. The van der Waals surface area contributed by atoms with Crippen molar-refractivity contribution in [2.45, 2.75) is 38.1 Å². The van der Waals surface area contributed by atoms with Crippen molar-refractivity contribution in [3.63, 3.8) is 0 Å². The summed E-state index contributed by atoms with van der Waals surface area (Å²) in [6.07, 6.45) is 5.99. The third kappa shape index (κ3) is 2.11. The van der Waals surface area contributed by atoms with Crippen LogP contribution in [0.1, 0.15) is 43.1 Å². The van der Waals surface area contributed by atoms with E-state index in [-0.39, 0.29) is 16.7 Å². The zero-order valence-corrected chi connectivity index (χ0v) is 13.3. The fourth-order valence-electron chi connectivity index (χ4n) is 3.16. The van der Waals surface area contributed by atoms with E-state index >= 15 is 0 Å². The Balaban J connectivity index is 2.29. The average Bonchev–Trinajstić information content (AvgIpc) is 2.77. The van der Waals surface area contributed by atoms with Gasteiger partial charge in [-0.05, 0) is 43.4 Å². The SMILES string of the molecule is CCC1(n2c(C(=O)N(C)C)cc3cnc(Cl)nc32)CCC1. The predicted molar refractivity (Wildman–Crippen MR) is 82.7 cm³/mol. The zero-order valence-electron chi connectivity index (χ0n) is 12.6. The Labute approximate surface area is 128 Å². The van der Waals surface area contributed by atoms with Crippen LogP contribution < -0.4 is 0 Å². The maximum absolute atomic E-state index is 12.5. The molecule has 1 fully saturated rings. The molecule has 0 aromatic carbocycles. The summed E-state index contributed by atoms with van der Waals surface area (Å²) in [6.45, 7) is 2.16. The number of hydrogen-bond acceptors (Lipinski definition) is 3. The van der Waals surface area contributed by atoms with Crippen LogP contribution in [0.2, 0.25) is 5.28 Å². The van der Waals surface area contributed by atoms with Gasteiger partial charge in [-0.25, -0.2) is 4.98 Å². The summed E-state index contributed by atoms with van der Waals surface area (Å²) in [5.74, 6) is -0.0103. The lowest BCUT2D eigenvalue weighted by Gasteiger charge is -2.44. The molecular formula is C15H19ClN4O. The molecule has 1 saturated carbocycles. The normalized spacial score (nSPS) is 16.8. The molecule has 6 heteroatoms. The van der Waals surface area contributed by atoms with E-state index in [1.54, 1.807) is 25.2 Å². The second kappa shape index (κ2) is 4.98. The van der Waals surface area contributed by atoms with Crippen LogP contribution in [-0.2, 0) is 5.54 Å². The molecule has 0 aliphatic heterocycles. The first kappa shape index (κ1) is 14.3. The molecule has 5 nitrogen and oxygen atoms in total. The van der Waals surface area contributed by atoms with Crippen LogP contribution in [0.4, 0.5) is 0 Å². The highest BCUT2D eigenvalue weighted by Crippen LogP contribution is 2.45. The van der Waals surface area contributed by atoms with E-state index in [2.05, 4.69) is 21.5 Å². The molecule has 0 N–H and O–H groups in total. The maximum Gasteiger partial charge on any atom is 0.270 e. The Morgan fingerprint density at radius 1 is 1.48 bits per heavy atom. The van der Waals surface area contributed by atoms with Gasteiger partial charge in [0.05, 0.1) is 0 Å². The molecule has 0 unspecified atom stereocenters. The highest BCUT2D eigenvalue weighted by molar-refractivity contribution is 6.28. The van der Waals surface area contributed by atoms with Crippen molar-refractivity contribution in [1.29, 1.82) is 0 Å². The van der Waals surface area contributed by atoms with Crippen molar-refractivity contribution in [2.75, 3.05) is 14.1 Å². The molecule has 2 heterocycles. The van der Waals surface area contributed by atoms with Gasteiger partial charge < -0.3 is 9.47 Å². The molecule has 0 bridgehead atoms. The third-order valence-electron chi connectivity index (χ3n) is 4.55. The lowest BCUT2D eigenvalue weighted by Crippen LogP contribution is -2.42. The van der Waals surface area contributed by atoms with E-state index in [9.17, 15) is 4.79 Å². The van der Waals surface area contributed by atoms with Gasteiger partial charge >= 0.3 is 0 Å². The minimum absolute atomic E-state index is 0.0103. The third-order valence-corrected chi connectivity index (χ3v) is 4.74. The summed E-state index contributed by atoms with van der Waals surface area (Å²) < 4.78 is 2.10. The molecule has 112 valence electrons.